The predicted molar refractivity (Wildman–Crippen MR) is 79.6 cm³/mol. The maximum absolute atomic E-state index is 5.44. The number of hydrogen-bond acceptors (Lipinski definition) is 1. The van der Waals surface area contributed by atoms with Gasteiger partial charge in [0.25, 0.3) is 0 Å². The van der Waals surface area contributed by atoms with Crippen molar-refractivity contribution in [1.82, 2.24) is 4.57 Å². The number of aromatic nitrogens is 1. The number of nitrogens with zero attached hydrogens (tertiary/aromatic N) is 1. The van der Waals surface area contributed by atoms with Gasteiger partial charge in [0.15, 0.2) is 0 Å². The molecule has 0 unspecified atom stereocenters. The zero-order valence-corrected chi connectivity index (χ0v) is 11.9. The molecule has 1 aromatic heterocycles. The highest BCUT2D eigenvalue weighted by Crippen LogP contribution is 2.25. The number of benzene rings is 1. The zero-order valence-electron chi connectivity index (χ0n) is 11.9. The van der Waals surface area contributed by atoms with Crippen LogP contribution >= 0.6 is 0 Å². The van der Waals surface area contributed by atoms with Crippen LogP contribution in [0, 0.1) is 5.92 Å². The Morgan fingerprint density at radius 3 is 2.74 bits per heavy atom. The zero-order chi connectivity index (χ0) is 13.2. The summed E-state index contributed by atoms with van der Waals surface area (Å²) < 4.78 is 7.85. The SMILES string of the molecule is CC(C)c1ccc2c(ccn2CC2CCOCC2)c1. The molecule has 0 N–H and O–H groups in total. The molecule has 2 aromatic rings. The van der Waals surface area contributed by atoms with Gasteiger partial charge in [-0.2, -0.15) is 0 Å². The highest BCUT2D eigenvalue weighted by Gasteiger charge is 2.15. The van der Waals surface area contributed by atoms with Gasteiger partial charge in [0.05, 0.1) is 0 Å². The predicted octanol–water partition coefficient (Wildman–Crippen LogP) is 4.19. The molecule has 0 atom stereocenters. The molecule has 19 heavy (non-hydrogen) atoms. The van der Waals surface area contributed by atoms with E-state index in [-0.39, 0.29) is 0 Å². The molecule has 0 aliphatic carbocycles. The summed E-state index contributed by atoms with van der Waals surface area (Å²) in [5, 5.41) is 1.37. The molecule has 2 heterocycles. The third-order valence-electron chi connectivity index (χ3n) is 4.26. The number of rotatable bonds is 3. The molecule has 1 aromatic carbocycles. The van der Waals surface area contributed by atoms with Crippen molar-refractivity contribution in [2.75, 3.05) is 13.2 Å². The first-order valence-corrected chi connectivity index (χ1v) is 7.40. The standard InChI is InChI=1S/C17H23NO/c1-13(2)15-3-4-17-16(11-15)5-8-18(17)12-14-6-9-19-10-7-14/h3-5,8,11,13-14H,6-7,9-10,12H2,1-2H3. The Kier molecular flexibility index (Phi) is 3.61. The van der Waals surface area contributed by atoms with Crippen LogP contribution in [0.25, 0.3) is 10.9 Å². The minimum absolute atomic E-state index is 0.600. The van der Waals surface area contributed by atoms with E-state index in [0.717, 1.165) is 25.7 Å². The van der Waals surface area contributed by atoms with Crippen molar-refractivity contribution in [3.05, 3.63) is 36.0 Å². The second-order valence-corrected chi connectivity index (χ2v) is 6.00. The summed E-state index contributed by atoms with van der Waals surface area (Å²) in [4.78, 5) is 0. The highest BCUT2D eigenvalue weighted by atomic mass is 16.5. The molecule has 0 radical (unpaired) electrons. The Labute approximate surface area is 115 Å². The molecule has 1 aliphatic heterocycles. The van der Waals surface area contributed by atoms with E-state index in [9.17, 15) is 0 Å². The number of hydrogen-bond donors (Lipinski definition) is 0. The van der Waals surface area contributed by atoms with Crippen LogP contribution in [0.3, 0.4) is 0 Å². The van der Waals surface area contributed by atoms with Crippen molar-refractivity contribution >= 4 is 10.9 Å². The van der Waals surface area contributed by atoms with E-state index in [4.69, 9.17) is 4.74 Å². The second kappa shape index (κ2) is 5.38. The van der Waals surface area contributed by atoms with Gasteiger partial charge in [-0.1, -0.05) is 19.9 Å². The molecule has 2 heteroatoms. The van der Waals surface area contributed by atoms with Gasteiger partial charge in [0.1, 0.15) is 0 Å². The minimum Gasteiger partial charge on any atom is -0.381 e. The smallest absolute Gasteiger partial charge is 0.0480 e. The average molecular weight is 257 g/mol. The van der Waals surface area contributed by atoms with Gasteiger partial charge < -0.3 is 9.30 Å². The maximum atomic E-state index is 5.44. The molecule has 0 bridgehead atoms. The van der Waals surface area contributed by atoms with Crippen molar-refractivity contribution in [2.45, 2.75) is 39.2 Å². The molecule has 1 saturated heterocycles. The third-order valence-corrected chi connectivity index (χ3v) is 4.26. The average Bonchev–Trinajstić information content (AvgIpc) is 2.82. The Balaban J connectivity index is 1.84. The van der Waals surface area contributed by atoms with Crippen LogP contribution in [-0.4, -0.2) is 17.8 Å². The summed E-state index contributed by atoms with van der Waals surface area (Å²) >= 11 is 0. The monoisotopic (exact) mass is 257 g/mol. The molecule has 0 amide bonds. The molecule has 0 saturated carbocycles. The van der Waals surface area contributed by atoms with Gasteiger partial charge >= 0.3 is 0 Å². The lowest BCUT2D eigenvalue weighted by molar-refractivity contribution is 0.0616. The fraction of sp³-hybridized carbons (Fsp3) is 0.529. The summed E-state index contributed by atoms with van der Waals surface area (Å²) in [7, 11) is 0. The number of ether oxygens (including phenoxy) is 1. The largest absolute Gasteiger partial charge is 0.381 e. The van der Waals surface area contributed by atoms with Crippen LogP contribution in [0.15, 0.2) is 30.5 Å². The van der Waals surface area contributed by atoms with Crippen molar-refractivity contribution in [1.29, 1.82) is 0 Å². The van der Waals surface area contributed by atoms with Gasteiger partial charge in [-0.25, -0.2) is 0 Å². The summed E-state index contributed by atoms with van der Waals surface area (Å²) in [6, 6.07) is 9.14. The fourth-order valence-corrected chi connectivity index (χ4v) is 2.94. The van der Waals surface area contributed by atoms with E-state index < -0.39 is 0 Å². The van der Waals surface area contributed by atoms with Crippen LogP contribution in [0.2, 0.25) is 0 Å². The van der Waals surface area contributed by atoms with Gasteiger partial charge in [-0.05, 0) is 53.8 Å². The Bertz CT molecular complexity index is 549. The molecule has 2 nitrogen and oxygen atoms in total. The van der Waals surface area contributed by atoms with Crippen LogP contribution < -0.4 is 0 Å². The summed E-state index contributed by atoms with van der Waals surface area (Å²) in [5.41, 5.74) is 2.80. The summed E-state index contributed by atoms with van der Waals surface area (Å²) in [6.45, 7) is 7.50. The molecule has 1 aliphatic rings. The lowest BCUT2D eigenvalue weighted by atomic mass is 10.00. The van der Waals surface area contributed by atoms with Crippen LogP contribution in [0.1, 0.15) is 38.2 Å². The normalized spacial score (nSPS) is 17.4. The fourth-order valence-electron chi connectivity index (χ4n) is 2.94. The second-order valence-electron chi connectivity index (χ2n) is 6.00. The molecule has 1 fully saturated rings. The van der Waals surface area contributed by atoms with E-state index in [1.165, 1.54) is 29.3 Å². The molecule has 0 spiro atoms. The number of fused-ring (bicyclic) bond motifs is 1. The van der Waals surface area contributed by atoms with Crippen molar-refractivity contribution < 1.29 is 4.74 Å². The van der Waals surface area contributed by atoms with Crippen molar-refractivity contribution in [3.8, 4) is 0 Å². The van der Waals surface area contributed by atoms with Crippen LogP contribution in [0.5, 0.6) is 0 Å². The first-order valence-electron chi connectivity index (χ1n) is 7.40. The molecule has 102 valence electrons. The first-order chi connectivity index (χ1) is 9.24. The minimum atomic E-state index is 0.600. The van der Waals surface area contributed by atoms with E-state index in [1.54, 1.807) is 0 Å². The van der Waals surface area contributed by atoms with Gasteiger partial charge in [0, 0.05) is 31.5 Å². The van der Waals surface area contributed by atoms with Crippen molar-refractivity contribution in [2.24, 2.45) is 5.92 Å². The summed E-state index contributed by atoms with van der Waals surface area (Å²) in [6.07, 6.45) is 4.64. The summed E-state index contributed by atoms with van der Waals surface area (Å²) in [5.74, 6) is 1.37. The highest BCUT2D eigenvalue weighted by molar-refractivity contribution is 5.81. The van der Waals surface area contributed by atoms with E-state index in [0.29, 0.717) is 5.92 Å². The molecular formula is C17H23NO. The van der Waals surface area contributed by atoms with E-state index in [2.05, 4.69) is 48.9 Å². The van der Waals surface area contributed by atoms with E-state index in [1.807, 2.05) is 0 Å². The van der Waals surface area contributed by atoms with Crippen LogP contribution in [0.4, 0.5) is 0 Å². The van der Waals surface area contributed by atoms with E-state index >= 15 is 0 Å². The van der Waals surface area contributed by atoms with Gasteiger partial charge in [0.2, 0.25) is 0 Å². The Hall–Kier alpha value is -1.28. The van der Waals surface area contributed by atoms with Gasteiger partial charge in [-0.15, -0.1) is 0 Å². The maximum Gasteiger partial charge on any atom is 0.0480 e. The lowest BCUT2D eigenvalue weighted by Gasteiger charge is -2.22. The van der Waals surface area contributed by atoms with Crippen molar-refractivity contribution in [3.63, 3.8) is 0 Å². The Morgan fingerprint density at radius 2 is 2.00 bits per heavy atom. The van der Waals surface area contributed by atoms with Gasteiger partial charge in [-0.3, -0.25) is 0 Å². The van der Waals surface area contributed by atoms with Crippen LogP contribution in [-0.2, 0) is 11.3 Å². The third kappa shape index (κ3) is 2.69. The topological polar surface area (TPSA) is 14.2 Å². The quantitative estimate of drug-likeness (QED) is 0.804. The molecule has 3 rings (SSSR count). The molecular weight excluding hydrogens is 234 g/mol. The first kappa shape index (κ1) is 12.7. The lowest BCUT2D eigenvalue weighted by Crippen LogP contribution is -2.20. The Morgan fingerprint density at radius 1 is 1.21 bits per heavy atom.